The van der Waals surface area contributed by atoms with Gasteiger partial charge in [-0.2, -0.15) is 0 Å². The van der Waals surface area contributed by atoms with Crippen molar-refractivity contribution in [2.75, 3.05) is 5.32 Å². The fraction of sp³-hybridized carbons (Fsp3) is 0.250. The average molecular weight is 442 g/mol. The van der Waals surface area contributed by atoms with Crippen molar-refractivity contribution in [3.05, 3.63) is 89.0 Å². The minimum Gasteiger partial charge on any atom is -0.481 e. The molecule has 0 radical (unpaired) electrons. The molecular formula is C28H27NO4. The molecule has 2 atom stereocenters. The fourth-order valence-electron chi connectivity index (χ4n) is 4.44. The molecular weight excluding hydrogens is 414 g/mol. The Labute approximate surface area is 193 Å². The number of anilines is 1. The fourth-order valence-corrected chi connectivity index (χ4v) is 4.44. The van der Waals surface area contributed by atoms with Crippen LogP contribution in [0, 0.1) is 25.7 Å². The van der Waals surface area contributed by atoms with Gasteiger partial charge in [0.15, 0.2) is 5.78 Å². The SMILES string of the molecule is Cc1ccc(C(=O)Nc2ccc(-c3ccc(C(=O)[C@H]4CCC[C@@H]4C(=O)O)cc3)cc2)cc1C. The summed E-state index contributed by atoms with van der Waals surface area (Å²) in [5.41, 5.74) is 6.00. The van der Waals surface area contributed by atoms with Crippen molar-refractivity contribution in [2.45, 2.75) is 33.1 Å². The van der Waals surface area contributed by atoms with E-state index in [2.05, 4.69) is 5.32 Å². The summed E-state index contributed by atoms with van der Waals surface area (Å²) in [6.45, 7) is 4.00. The van der Waals surface area contributed by atoms with Gasteiger partial charge in [-0.1, -0.05) is 48.9 Å². The van der Waals surface area contributed by atoms with Gasteiger partial charge in [0.1, 0.15) is 0 Å². The minimum atomic E-state index is -0.882. The van der Waals surface area contributed by atoms with E-state index in [1.165, 1.54) is 0 Å². The molecule has 3 aromatic carbocycles. The highest BCUT2D eigenvalue weighted by atomic mass is 16.4. The quantitative estimate of drug-likeness (QED) is 0.466. The molecule has 0 saturated heterocycles. The van der Waals surface area contributed by atoms with Crippen LogP contribution in [0.4, 0.5) is 5.69 Å². The van der Waals surface area contributed by atoms with E-state index >= 15 is 0 Å². The Kier molecular flexibility index (Phi) is 6.40. The summed E-state index contributed by atoms with van der Waals surface area (Å²) >= 11 is 0. The van der Waals surface area contributed by atoms with Crippen LogP contribution in [0.3, 0.4) is 0 Å². The van der Waals surface area contributed by atoms with Crippen LogP contribution in [-0.2, 0) is 4.79 Å². The van der Waals surface area contributed by atoms with Gasteiger partial charge in [-0.05, 0) is 73.2 Å². The first-order valence-corrected chi connectivity index (χ1v) is 11.2. The second kappa shape index (κ2) is 9.41. The monoisotopic (exact) mass is 441 g/mol. The molecule has 4 rings (SSSR count). The number of hydrogen-bond donors (Lipinski definition) is 2. The Hall–Kier alpha value is -3.73. The number of aryl methyl sites for hydroxylation is 2. The van der Waals surface area contributed by atoms with Gasteiger partial charge in [-0.3, -0.25) is 14.4 Å². The summed E-state index contributed by atoms with van der Waals surface area (Å²) < 4.78 is 0. The lowest BCUT2D eigenvalue weighted by molar-refractivity contribution is -0.142. The van der Waals surface area contributed by atoms with Gasteiger partial charge in [0, 0.05) is 22.7 Å². The molecule has 168 valence electrons. The Bertz CT molecular complexity index is 1200. The van der Waals surface area contributed by atoms with Crippen LogP contribution >= 0.6 is 0 Å². The predicted octanol–water partition coefficient (Wildman–Crippen LogP) is 5.91. The molecule has 33 heavy (non-hydrogen) atoms. The van der Waals surface area contributed by atoms with Gasteiger partial charge in [0.2, 0.25) is 0 Å². The number of Topliss-reactive ketones (excluding diaryl/α,β-unsaturated/α-hetero) is 1. The third kappa shape index (κ3) is 4.87. The number of carbonyl (C=O) groups is 3. The molecule has 1 saturated carbocycles. The minimum absolute atomic E-state index is 0.0872. The topological polar surface area (TPSA) is 83.5 Å². The number of benzene rings is 3. The molecule has 0 aromatic heterocycles. The second-order valence-corrected chi connectivity index (χ2v) is 8.75. The third-order valence-corrected chi connectivity index (χ3v) is 6.58. The predicted molar refractivity (Wildman–Crippen MR) is 129 cm³/mol. The number of rotatable bonds is 6. The summed E-state index contributed by atoms with van der Waals surface area (Å²) in [4.78, 5) is 36.7. The van der Waals surface area contributed by atoms with Crippen LogP contribution in [0.25, 0.3) is 11.1 Å². The summed E-state index contributed by atoms with van der Waals surface area (Å²) in [6.07, 6.45) is 1.97. The third-order valence-electron chi connectivity index (χ3n) is 6.58. The van der Waals surface area contributed by atoms with E-state index in [1.54, 1.807) is 12.1 Å². The zero-order valence-corrected chi connectivity index (χ0v) is 18.8. The van der Waals surface area contributed by atoms with E-state index < -0.39 is 17.8 Å². The van der Waals surface area contributed by atoms with Crippen LogP contribution in [0.2, 0.25) is 0 Å². The van der Waals surface area contributed by atoms with Crippen molar-refractivity contribution in [3.8, 4) is 11.1 Å². The molecule has 1 aliphatic carbocycles. The van der Waals surface area contributed by atoms with Gasteiger partial charge < -0.3 is 10.4 Å². The molecule has 0 aliphatic heterocycles. The van der Waals surface area contributed by atoms with Crippen LogP contribution in [0.15, 0.2) is 66.7 Å². The van der Waals surface area contributed by atoms with Crippen molar-refractivity contribution >= 4 is 23.3 Å². The summed E-state index contributed by atoms with van der Waals surface area (Å²) in [6, 6.07) is 20.5. The van der Waals surface area contributed by atoms with E-state index in [4.69, 9.17) is 0 Å². The molecule has 5 nitrogen and oxygen atoms in total. The summed E-state index contributed by atoms with van der Waals surface area (Å²) in [5, 5.41) is 12.3. The molecule has 3 aromatic rings. The highest BCUT2D eigenvalue weighted by Crippen LogP contribution is 2.35. The van der Waals surface area contributed by atoms with E-state index in [-0.39, 0.29) is 11.7 Å². The van der Waals surface area contributed by atoms with E-state index in [9.17, 15) is 19.5 Å². The Morgan fingerprint density at radius 1 is 0.758 bits per heavy atom. The van der Waals surface area contributed by atoms with Gasteiger partial charge in [0.05, 0.1) is 5.92 Å². The second-order valence-electron chi connectivity index (χ2n) is 8.75. The first-order valence-electron chi connectivity index (χ1n) is 11.2. The van der Waals surface area contributed by atoms with E-state index in [0.717, 1.165) is 28.7 Å². The zero-order valence-electron chi connectivity index (χ0n) is 18.8. The number of nitrogens with one attached hydrogen (secondary N) is 1. The van der Waals surface area contributed by atoms with Crippen LogP contribution < -0.4 is 5.32 Å². The van der Waals surface area contributed by atoms with Crippen LogP contribution in [0.1, 0.15) is 51.1 Å². The lowest BCUT2D eigenvalue weighted by atomic mass is 9.88. The first kappa shape index (κ1) is 22.5. The summed E-state index contributed by atoms with van der Waals surface area (Å²) in [7, 11) is 0. The lowest BCUT2D eigenvalue weighted by Crippen LogP contribution is -2.25. The molecule has 0 spiro atoms. The van der Waals surface area contributed by atoms with Crippen molar-refractivity contribution in [1.29, 1.82) is 0 Å². The molecule has 1 fully saturated rings. The van der Waals surface area contributed by atoms with Crippen LogP contribution in [-0.4, -0.2) is 22.8 Å². The van der Waals surface area contributed by atoms with Gasteiger partial charge >= 0.3 is 5.97 Å². The molecule has 1 amide bonds. The normalized spacial score (nSPS) is 17.5. The first-order chi connectivity index (χ1) is 15.8. The van der Waals surface area contributed by atoms with Crippen molar-refractivity contribution < 1.29 is 19.5 Å². The lowest BCUT2D eigenvalue weighted by Gasteiger charge is -2.14. The molecule has 0 unspecified atom stereocenters. The number of amides is 1. The number of carbonyl (C=O) groups excluding carboxylic acids is 2. The molecule has 0 bridgehead atoms. The largest absolute Gasteiger partial charge is 0.481 e. The van der Waals surface area contributed by atoms with E-state index in [1.807, 2.05) is 68.4 Å². The number of carboxylic acids is 1. The number of hydrogen-bond acceptors (Lipinski definition) is 3. The number of ketones is 1. The maximum Gasteiger partial charge on any atom is 0.307 e. The molecule has 5 heteroatoms. The molecule has 2 N–H and O–H groups in total. The Morgan fingerprint density at radius 2 is 1.33 bits per heavy atom. The van der Waals surface area contributed by atoms with Gasteiger partial charge in [-0.15, -0.1) is 0 Å². The maximum absolute atomic E-state index is 12.8. The zero-order chi connectivity index (χ0) is 23.5. The van der Waals surface area contributed by atoms with Crippen LogP contribution in [0.5, 0.6) is 0 Å². The standard InChI is InChI=1S/C28H27NO4/c1-17-6-7-22(16-18(17)2)27(31)29-23-14-12-20(13-15-23)19-8-10-21(11-9-19)26(30)24-4-3-5-25(24)28(32)33/h6-16,24-25H,3-5H2,1-2H3,(H,29,31)(H,32,33)/t24-,25-/m0/s1. The highest BCUT2D eigenvalue weighted by Gasteiger charge is 2.37. The van der Waals surface area contributed by atoms with Crippen molar-refractivity contribution in [2.24, 2.45) is 11.8 Å². The summed E-state index contributed by atoms with van der Waals surface area (Å²) in [5.74, 6) is -2.14. The Balaban J connectivity index is 1.43. The molecule has 0 heterocycles. The van der Waals surface area contributed by atoms with E-state index in [0.29, 0.717) is 29.7 Å². The number of aliphatic carboxylic acids is 1. The van der Waals surface area contributed by atoms with Crippen molar-refractivity contribution in [3.63, 3.8) is 0 Å². The van der Waals surface area contributed by atoms with Gasteiger partial charge in [0.25, 0.3) is 5.91 Å². The molecule has 1 aliphatic rings. The Morgan fingerprint density at radius 3 is 1.94 bits per heavy atom. The smallest absolute Gasteiger partial charge is 0.307 e. The number of carboxylic acid groups (broad SMARTS) is 1. The average Bonchev–Trinajstić information content (AvgIpc) is 3.31. The van der Waals surface area contributed by atoms with Crippen molar-refractivity contribution in [1.82, 2.24) is 0 Å². The maximum atomic E-state index is 12.8. The van der Waals surface area contributed by atoms with Gasteiger partial charge in [-0.25, -0.2) is 0 Å². The highest BCUT2D eigenvalue weighted by molar-refractivity contribution is 6.04.